The fourth-order valence-electron chi connectivity index (χ4n) is 5.00. The predicted octanol–water partition coefficient (Wildman–Crippen LogP) is 4.55. The van der Waals surface area contributed by atoms with Crippen molar-refractivity contribution in [3.05, 3.63) is 53.6 Å². The monoisotopic (exact) mass is 468 g/mol. The van der Waals surface area contributed by atoms with Gasteiger partial charge in [0.25, 0.3) is 0 Å². The van der Waals surface area contributed by atoms with Gasteiger partial charge >= 0.3 is 12.0 Å². The standard InChI is InChI=1S/C26H32N2O6/c1-4-6-18(5-2)27-26(31)28-14-20(17-9-12-21-22(13-17)34-15-33-21)23(25(29)30)24(28)16-7-10-19(32-3)11-8-16/h7-13,18,20,23-24H,4-6,14-15H2,1-3H3,(H,27,31)(H,29,30). The van der Waals surface area contributed by atoms with Crippen molar-refractivity contribution in [2.24, 2.45) is 5.92 Å². The van der Waals surface area contributed by atoms with Crippen LogP contribution in [-0.2, 0) is 4.79 Å². The Morgan fingerprint density at radius 2 is 1.82 bits per heavy atom. The quantitative estimate of drug-likeness (QED) is 0.590. The van der Waals surface area contributed by atoms with Gasteiger partial charge in [0.1, 0.15) is 5.75 Å². The molecule has 1 fully saturated rings. The maximum atomic E-state index is 13.5. The van der Waals surface area contributed by atoms with Gasteiger partial charge in [-0.1, -0.05) is 38.5 Å². The van der Waals surface area contributed by atoms with E-state index in [4.69, 9.17) is 14.2 Å². The van der Waals surface area contributed by atoms with E-state index in [0.29, 0.717) is 17.2 Å². The number of carboxylic acids is 1. The summed E-state index contributed by atoms with van der Waals surface area (Å²) in [5.74, 6) is -0.271. The number of amides is 2. The molecule has 1 saturated heterocycles. The number of likely N-dealkylation sites (tertiary alicyclic amines) is 1. The molecule has 4 unspecified atom stereocenters. The van der Waals surface area contributed by atoms with E-state index in [1.807, 2.05) is 31.2 Å². The molecule has 2 aromatic carbocycles. The molecule has 2 aliphatic rings. The Hall–Kier alpha value is -3.42. The van der Waals surface area contributed by atoms with Crippen LogP contribution in [-0.4, -0.2) is 48.5 Å². The van der Waals surface area contributed by atoms with Crippen molar-refractivity contribution in [3.63, 3.8) is 0 Å². The van der Waals surface area contributed by atoms with Crippen LogP contribution in [0.15, 0.2) is 42.5 Å². The van der Waals surface area contributed by atoms with E-state index in [1.54, 1.807) is 30.2 Å². The van der Waals surface area contributed by atoms with Crippen molar-refractivity contribution in [1.82, 2.24) is 10.2 Å². The number of rotatable bonds is 8. The first-order chi connectivity index (χ1) is 16.5. The second-order valence-corrected chi connectivity index (χ2v) is 8.80. The summed E-state index contributed by atoms with van der Waals surface area (Å²) in [6.45, 7) is 4.55. The molecule has 0 saturated carbocycles. The zero-order valence-corrected chi connectivity index (χ0v) is 19.8. The average molecular weight is 469 g/mol. The van der Waals surface area contributed by atoms with Crippen molar-refractivity contribution in [2.45, 2.75) is 51.1 Å². The number of nitrogens with zero attached hydrogens (tertiary/aromatic N) is 1. The number of hydrogen-bond acceptors (Lipinski definition) is 5. The summed E-state index contributed by atoms with van der Waals surface area (Å²) in [4.78, 5) is 27.8. The van der Waals surface area contributed by atoms with Crippen LogP contribution in [0.3, 0.4) is 0 Å². The maximum Gasteiger partial charge on any atom is 0.318 e. The number of fused-ring (bicyclic) bond motifs is 1. The number of carboxylic acid groups (broad SMARTS) is 1. The Bertz CT molecular complexity index is 1020. The summed E-state index contributed by atoms with van der Waals surface area (Å²) in [5.41, 5.74) is 1.57. The first kappa shape index (κ1) is 23.7. The summed E-state index contributed by atoms with van der Waals surface area (Å²) in [7, 11) is 1.58. The van der Waals surface area contributed by atoms with E-state index in [1.165, 1.54) is 0 Å². The van der Waals surface area contributed by atoms with Gasteiger partial charge in [-0.15, -0.1) is 0 Å². The lowest BCUT2D eigenvalue weighted by atomic mass is 9.83. The summed E-state index contributed by atoms with van der Waals surface area (Å²) >= 11 is 0. The second kappa shape index (κ2) is 10.2. The van der Waals surface area contributed by atoms with Crippen LogP contribution >= 0.6 is 0 Å². The molecule has 0 radical (unpaired) electrons. The van der Waals surface area contributed by atoms with E-state index in [0.717, 1.165) is 30.4 Å². The van der Waals surface area contributed by atoms with E-state index >= 15 is 0 Å². The molecule has 2 amide bonds. The fraction of sp³-hybridized carbons (Fsp3) is 0.462. The van der Waals surface area contributed by atoms with Crippen molar-refractivity contribution in [1.29, 1.82) is 0 Å². The topological polar surface area (TPSA) is 97.3 Å². The average Bonchev–Trinajstić information content (AvgIpc) is 3.48. The number of methoxy groups -OCH3 is 1. The normalized spacial score (nSPS) is 21.9. The smallest absolute Gasteiger partial charge is 0.318 e. The first-order valence-electron chi connectivity index (χ1n) is 11.8. The van der Waals surface area contributed by atoms with Crippen LogP contribution in [0.5, 0.6) is 17.2 Å². The highest BCUT2D eigenvalue weighted by Crippen LogP contribution is 2.48. The van der Waals surface area contributed by atoms with Crippen molar-refractivity contribution in [3.8, 4) is 17.2 Å². The summed E-state index contributed by atoms with van der Waals surface area (Å²) in [6.07, 6.45) is 2.64. The third kappa shape index (κ3) is 4.62. The van der Waals surface area contributed by atoms with Crippen LogP contribution in [0.1, 0.15) is 56.2 Å². The van der Waals surface area contributed by atoms with Gasteiger partial charge < -0.3 is 29.5 Å². The largest absolute Gasteiger partial charge is 0.497 e. The van der Waals surface area contributed by atoms with E-state index in [-0.39, 0.29) is 25.4 Å². The van der Waals surface area contributed by atoms with E-state index < -0.39 is 23.8 Å². The minimum absolute atomic E-state index is 0.0434. The Kier molecular flexibility index (Phi) is 7.14. The number of urea groups is 1. The molecule has 0 aromatic heterocycles. The molecule has 0 spiro atoms. The molecule has 2 aliphatic heterocycles. The van der Waals surface area contributed by atoms with Gasteiger partial charge in [0.15, 0.2) is 11.5 Å². The predicted molar refractivity (Wildman–Crippen MR) is 126 cm³/mol. The molecule has 0 aliphatic carbocycles. The maximum absolute atomic E-state index is 13.5. The molecular formula is C26H32N2O6. The highest BCUT2D eigenvalue weighted by Gasteiger charge is 2.49. The van der Waals surface area contributed by atoms with Crippen LogP contribution in [0.25, 0.3) is 0 Å². The highest BCUT2D eigenvalue weighted by molar-refractivity contribution is 5.80. The molecule has 4 atom stereocenters. The lowest BCUT2D eigenvalue weighted by molar-refractivity contribution is -0.142. The van der Waals surface area contributed by atoms with Gasteiger partial charge in [0, 0.05) is 18.5 Å². The number of aliphatic carboxylic acids is 1. The SMILES string of the molecule is CCCC(CC)NC(=O)N1CC(c2ccc3c(c2)OCO3)C(C(=O)O)C1c1ccc(OC)cc1. The third-order valence-electron chi connectivity index (χ3n) is 6.79. The Labute approximate surface area is 199 Å². The Morgan fingerprint density at radius 3 is 2.47 bits per heavy atom. The molecule has 34 heavy (non-hydrogen) atoms. The van der Waals surface area contributed by atoms with Crippen LogP contribution < -0.4 is 19.5 Å². The fourth-order valence-corrected chi connectivity index (χ4v) is 5.00. The third-order valence-corrected chi connectivity index (χ3v) is 6.79. The van der Waals surface area contributed by atoms with Gasteiger partial charge in [-0.25, -0.2) is 4.79 Å². The molecule has 2 N–H and O–H groups in total. The second-order valence-electron chi connectivity index (χ2n) is 8.80. The van der Waals surface area contributed by atoms with Crippen molar-refractivity contribution in [2.75, 3.05) is 20.4 Å². The van der Waals surface area contributed by atoms with E-state index in [2.05, 4.69) is 12.2 Å². The van der Waals surface area contributed by atoms with Crippen molar-refractivity contribution < 1.29 is 28.9 Å². The van der Waals surface area contributed by atoms with Gasteiger partial charge in [-0.05, 0) is 48.2 Å². The number of hydrogen-bond donors (Lipinski definition) is 2. The van der Waals surface area contributed by atoms with Gasteiger partial charge in [-0.3, -0.25) is 4.79 Å². The van der Waals surface area contributed by atoms with Crippen LogP contribution in [0.2, 0.25) is 0 Å². The summed E-state index contributed by atoms with van der Waals surface area (Å²) in [6, 6.07) is 11.9. The minimum Gasteiger partial charge on any atom is -0.497 e. The molecular weight excluding hydrogens is 436 g/mol. The Morgan fingerprint density at radius 1 is 1.12 bits per heavy atom. The highest BCUT2D eigenvalue weighted by atomic mass is 16.7. The lowest BCUT2D eigenvalue weighted by Crippen LogP contribution is -2.45. The lowest BCUT2D eigenvalue weighted by Gasteiger charge is -2.29. The molecule has 8 nitrogen and oxygen atoms in total. The zero-order chi connectivity index (χ0) is 24.2. The van der Waals surface area contributed by atoms with Crippen LogP contribution in [0, 0.1) is 5.92 Å². The van der Waals surface area contributed by atoms with Gasteiger partial charge in [0.05, 0.1) is 19.1 Å². The first-order valence-corrected chi connectivity index (χ1v) is 11.8. The van der Waals surface area contributed by atoms with Crippen molar-refractivity contribution >= 4 is 12.0 Å². The van der Waals surface area contributed by atoms with Gasteiger partial charge in [0.2, 0.25) is 6.79 Å². The number of carbonyl (C=O) groups excluding carboxylic acids is 1. The number of nitrogens with one attached hydrogen (secondary N) is 1. The van der Waals surface area contributed by atoms with Crippen LogP contribution in [0.4, 0.5) is 4.79 Å². The summed E-state index contributed by atoms with van der Waals surface area (Å²) < 4.78 is 16.2. The minimum atomic E-state index is -0.945. The summed E-state index contributed by atoms with van der Waals surface area (Å²) in [5, 5.41) is 13.5. The zero-order valence-electron chi connectivity index (χ0n) is 19.8. The molecule has 2 heterocycles. The number of ether oxygens (including phenoxy) is 3. The molecule has 2 aromatic rings. The molecule has 182 valence electrons. The molecule has 4 rings (SSSR count). The number of benzene rings is 2. The molecule has 0 bridgehead atoms. The Balaban J connectivity index is 1.72. The van der Waals surface area contributed by atoms with E-state index in [9.17, 15) is 14.7 Å². The van der Waals surface area contributed by atoms with Gasteiger partial charge in [-0.2, -0.15) is 0 Å². The molecule has 8 heteroatoms. The number of carbonyl (C=O) groups is 2.